The first-order valence-electron chi connectivity index (χ1n) is 8.24. The Kier molecular flexibility index (Phi) is 3.84. The Bertz CT molecular complexity index is 1010. The van der Waals surface area contributed by atoms with Crippen molar-refractivity contribution in [3.8, 4) is 17.2 Å². The molecule has 7 heteroatoms. The molecule has 0 atom stereocenters. The number of carbonyl (C=O) groups is 1. The van der Waals surface area contributed by atoms with Crippen LogP contribution in [0.15, 0.2) is 36.4 Å². The second-order valence-electron chi connectivity index (χ2n) is 6.24. The average Bonchev–Trinajstić information content (AvgIpc) is 3.20. The summed E-state index contributed by atoms with van der Waals surface area (Å²) in [6.45, 7) is 5.98. The highest BCUT2D eigenvalue weighted by Crippen LogP contribution is 2.34. The van der Waals surface area contributed by atoms with Crippen molar-refractivity contribution in [2.24, 2.45) is 0 Å². The summed E-state index contributed by atoms with van der Waals surface area (Å²) in [5.74, 6) is 0.954. The minimum Gasteiger partial charge on any atom is -0.454 e. The highest BCUT2D eigenvalue weighted by molar-refractivity contribution is 6.03. The zero-order chi connectivity index (χ0) is 18.3. The lowest BCUT2D eigenvalue weighted by Gasteiger charge is -2.05. The van der Waals surface area contributed by atoms with E-state index in [-0.39, 0.29) is 18.4 Å². The third kappa shape index (κ3) is 2.88. The van der Waals surface area contributed by atoms with E-state index in [2.05, 4.69) is 21.6 Å². The number of amides is 1. The van der Waals surface area contributed by atoms with Gasteiger partial charge in [-0.3, -0.25) is 4.79 Å². The molecule has 0 unspecified atom stereocenters. The zero-order valence-electron chi connectivity index (χ0n) is 14.7. The fourth-order valence-corrected chi connectivity index (χ4v) is 2.89. The van der Waals surface area contributed by atoms with Crippen LogP contribution in [0.25, 0.3) is 5.69 Å². The molecule has 0 aliphatic carbocycles. The maximum Gasteiger partial charge on any atom is 0.278 e. The molecule has 0 radical (unpaired) electrons. The Morgan fingerprint density at radius 3 is 2.65 bits per heavy atom. The van der Waals surface area contributed by atoms with Crippen molar-refractivity contribution in [3.05, 3.63) is 58.9 Å². The van der Waals surface area contributed by atoms with Crippen LogP contribution in [-0.2, 0) is 0 Å². The number of hydrogen-bond donors (Lipinski definition) is 1. The third-order valence-corrected chi connectivity index (χ3v) is 4.20. The van der Waals surface area contributed by atoms with E-state index in [4.69, 9.17) is 9.47 Å². The Balaban J connectivity index is 1.60. The molecule has 132 valence electrons. The maximum atomic E-state index is 12.6. The van der Waals surface area contributed by atoms with Gasteiger partial charge in [-0.15, -0.1) is 5.10 Å². The molecule has 1 aliphatic rings. The van der Waals surface area contributed by atoms with Crippen molar-refractivity contribution in [1.82, 2.24) is 15.0 Å². The molecular formula is C19H18N4O3. The van der Waals surface area contributed by atoms with E-state index in [0.29, 0.717) is 22.9 Å². The van der Waals surface area contributed by atoms with Crippen LogP contribution < -0.4 is 14.8 Å². The van der Waals surface area contributed by atoms with Crippen LogP contribution in [0.1, 0.15) is 27.3 Å². The Morgan fingerprint density at radius 1 is 1.04 bits per heavy atom. The second-order valence-corrected chi connectivity index (χ2v) is 6.24. The molecule has 4 rings (SSSR count). The van der Waals surface area contributed by atoms with E-state index in [0.717, 1.165) is 16.8 Å². The summed E-state index contributed by atoms with van der Waals surface area (Å²) in [6, 6.07) is 11.2. The van der Waals surface area contributed by atoms with Crippen LogP contribution in [0.2, 0.25) is 0 Å². The molecule has 2 heterocycles. The Morgan fingerprint density at radius 2 is 1.85 bits per heavy atom. The number of hydrogen-bond acceptors (Lipinski definition) is 5. The molecule has 2 aromatic carbocycles. The van der Waals surface area contributed by atoms with Crippen molar-refractivity contribution >= 4 is 11.6 Å². The first-order chi connectivity index (χ1) is 12.5. The number of carbonyl (C=O) groups excluding carboxylic acids is 1. The van der Waals surface area contributed by atoms with Gasteiger partial charge in [0, 0.05) is 11.8 Å². The SMILES string of the molecule is Cc1ccc(-n2nc(C)c(C(=O)Nc3ccc4c(c3)OCO4)n2)c(C)c1. The number of nitrogens with zero attached hydrogens (tertiary/aromatic N) is 3. The van der Waals surface area contributed by atoms with Crippen molar-refractivity contribution in [1.29, 1.82) is 0 Å². The van der Waals surface area contributed by atoms with Gasteiger partial charge in [-0.1, -0.05) is 17.7 Å². The number of aryl methyl sites for hydroxylation is 3. The van der Waals surface area contributed by atoms with E-state index in [1.54, 1.807) is 25.1 Å². The van der Waals surface area contributed by atoms with Crippen molar-refractivity contribution in [2.45, 2.75) is 20.8 Å². The predicted molar refractivity (Wildman–Crippen MR) is 96.1 cm³/mol. The third-order valence-electron chi connectivity index (χ3n) is 4.20. The standard InChI is InChI=1S/C19H18N4O3/c1-11-4-6-15(12(2)8-11)23-21-13(3)18(22-23)19(24)20-14-5-7-16-17(9-14)26-10-25-16/h4-9H,10H2,1-3H3,(H,20,24). The van der Waals surface area contributed by atoms with Gasteiger partial charge >= 0.3 is 0 Å². The van der Waals surface area contributed by atoms with Crippen LogP contribution in [0, 0.1) is 20.8 Å². The van der Waals surface area contributed by atoms with E-state index < -0.39 is 0 Å². The molecule has 1 amide bonds. The lowest BCUT2D eigenvalue weighted by Crippen LogP contribution is -2.14. The predicted octanol–water partition coefficient (Wildman–Crippen LogP) is 3.17. The van der Waals surface area contributed by atoms with Crippen LogP contribution in [0.4, 0.5) is 5.69 Å². The second kappa shape index (κ2) is 6.18. The maximum absolute atomic E-state index is 12.6. The molecule has 1 N–H and O–H groups in total. The van der Waals surface area contributed by atoms with Gasteiger partial charge in [-0.2, -0.15) is 9.90 Å². The van der Waals surface area contributed by atoms with E-state index >= 15 is 0 Å². The Labute approximate surface area is 150 Å². The summed E-state index contributed by atoms with van der Waals surface area (Å²) in [5.41, 5.74) is 4.50. The first kappa shape index (κ1) is 16.1. The molecule has 3 aromatic rings. The number of ether oxygens (including phenoxy) is 2. The average molecular weight is 350 g/mol. The zero-order valence-corrected chi connectivity index (χ0v) is 14.7. The van der Waals surface area contributed by atoms with Gasteiger partial charge < -0.3 is 14.8 Å². The van der Waals surface area contributed by atoms with Gasteiger partial charge in [-0.05, 0) is 44.5 Å². The molecule has 0 saturated heterocycles. The molecule has 0 fully saturated rings. The summed E-state index contributed by atoms with van der Waals surface area (Å²) in [7, 11) is 0. The van der Waals surface area contributed by atoms with Crippen LogP contribution in [0.5, 0.6) is 11.5 Å². The minimum absolute atomic E-state index is 0.191. The first-order valence-corrected chi connectivity index (χ1v) is 8.24. The number of anilines is 1. The van der Waals surface area contributed by atoms with Crippen molar-refractivity contribution in [2.75, 3.05) is 12.1 Å². The fraction of sp³-hybridized carbons (Fsp3) is 0.211. The molecule has 0 bridgehead atoms. The van der Waals surface area contributed by atoms with Gasteiger partial charge in [0.05, 0.1) is 11.4 Å². The summed E-state index contributed by atoms with van der Waals surface area (Å²) < 4.78 is 10.6. The van der Waals surface area contributed by atoms with Crippen LogP contribution >= 0.6 is 0 Å². The van der Waals surface area contributed by atoms with Crippen molar-refractivity contribution < 1.29 is 14.3 Å². The number of aromatic nitrogens is 3. The van der Waals surface area contributed by atoms with E-state index in [1.807, 2.05) is 26.0 Å². The summed E-state index contributed by atoms with van der Waals surface area (Å²) in [5, 5.41) is 11.6. The summed E-state index contributed by atoms with van der Waals surface area (Å²) >= 11 is 0. The number of benzene rings is 2. The summed E-state index contributed by atoms with van der Waals surface area (Å²) in [6.07, 6.45) is 0. The molecule has 1 aromatic heterocycles. The number of rotatable bonds is 3. The van der Waals surface area contributed by atoms with Gasteiger partial charge in [0.1, 0.15) is 0 Å². The Hall–Kier alpha value is -3.35. The topological polar surface area (TPSA) is 78.3 Å². The molecular weight excluding hydrogens is 332 g/mol. The highest BCUT2D eigenvalue weighted by atomic mass is 16.7. The molecule has 26 heavy (non-hydrogen) atoms. The van der Waals surface area contributed by atoms with Gasteiger partial charge in [0.15, 0.2) is 17.2 Å². The van der Waals surface area contributed by atoms with E-state index in [9.17, 15) is 4.79 Å². The fourth-order valence-electron chi connectivity index (χ4n) is 2.89. The largest absolute Gasteiger partial charge is 0.454 e. The van der Waals surface area contributed by atoms with Crippen LogP contribution in [-0.4, -0.2) is 27.7 Å². The number of fused-ring (bicyclic) bond motifs is 1. The van der Waals surface area contributed by atoms with Crippen molar-refractivity contribution in [3.63, 3.8) is 0 Å². The molecule has 1 aliphatic heterocycles. The lowest BCUT2D eigenvalue weighted by molar-refractivity contribution is 0.102. The highest BCUT2D eigenvalue weighted by Gasteiger charge is 2.19. The van der Waals surface area contributed by atoms with Gasteiger partial charge in [-0.25, -0.2) is 0 Å². The lowest BCUT2D eigenvalue weighted by atomic mass is 10.1. The van der Waals surface area contributed by atoms with Gasteiger partial charge in [0.2, 0.25) is 6.79 Å². The number of nitrogens with one attached hydrogen (secondary N) is 1. The summed E-state index contributed by atoms with van der Waals surface area (Å²) in [4.78, 5) is 14.1. The van der Waals surface area contributed by atoms with Gasteiger partial charge in [0.25, 0.3) is 5.91 Å². The molecule has 7 nitrogen and oxygen atoms in total. The molecule has 0 spiro atoms. The molecule has 0 saturated carbocycles. The normalized spacial score (nSPS) is 12.3. The van der Waals surface area contributed by atoms with Crippen LogP contribution in [0.3, 0.4) is 0 Å². The smallest absolute Gasteiger partial charge is 0.278 e. The monoisotopic (exact) mass is 350 g/mol. The minimum atomic E-state index is -0.322. The van der Waals surface area contributed by atoms with E-state index in [1.165, 1.54) is 4.80 Å². The quantitative estimate of drug-likeness (QED) is 0.785.